The summed E-state index contributed by atoms with van der Waals surface area (Å²) >= 11 is 12.3. The van der Waals surface area contributed by atoms with Crippen molar-refractivity contribution in [1.29, 1.82) is 0 Å². The van der Waals surface area contributed by atoms with Crippen LogP contribution in [0.2, 0.25) is 10.0 Å². The van der Waals surface area contributed by atoms with Crippen molar-refractivity contribution < 1.29 is 29.3 Å². The number of aliphatic hydroxyl groups is 1. The van der Waals surface area contributed by atoms with Crippen LogP contribution in [0.5, 0.6) is 17.2 Å². The van der Waals surface area contributed by atoms with Crippen LogP contribution < -0.4 is 14.4 Å². The number of methoxy groups -OCH3 is 2. The summed E-state index contributed by atoms with van der Waals surface area (Å²) in [5, 5.41) is 21.6. The third-order valence-corrected chi connectivity index (χ3v) is 5.88. The van der Waals surface area contributed by atoms with E-state index < -0.39 is 23.5 Å². The molecule has 174 valence electrons. The third-order valence-electron chi connectivity index (χ3n) is 5.44. The molecule has 0 aliphatic carbocycles. The quantitative estimate of drug-likeness (QED) is 0.279. The Kier molecular flexibility index (Phi) is 6.41. The van der Waals surface area contributed by atoms with Gasteiger partial charge in [0.25, 0.3) is 11.7 Å². The molecule has 1 amide bonds. The fraction of sp³-hybridized carbons (Fsp3) is 0.120. The van der Waals surface area contributed by atoms with Crippen molar-refractivity contribution in [2.75, 3.05) is 19.1 Å². The van der Waals surface area contributed by atoms with Gasteiger partial charge in [0.05, 0.1) is 31.4 Å². The van der Waals surface area contributed by atoms with Gasteiger partial charge >= 0.3 is 0 Å². The lowest BCUT2D eigenvalue weighted by Crippen LogP contribution is -2.29. The summed E-state index contributed by atoms with van der Waals surface area (Å²) < 4.78 is 10.6. The normalized spacial score (nSPS) is 17.2. The molecule has 0 bridgehead atoms. The molecular formula is C25H19Cl2NO6. The molecule has 1 heterocycles. The number of halogens is 2. The van der Waals surface area contributed by atoms with E-state index in [0.717, 1.165) is 0 Å². The van der Waals surface area contributed by atoms with Gasteiger partial charge < -0.3 is 19.7 Å². The molecule has 7 nitrogen and oxygen atoms in total. The number of carbonyl (C=O) groups is 2. The number of nitrogens with zero attached hydrogens (tertiary/aromatic N) is 1. The first-order valence-corrected chi connectivity index (χ1v) is 10.8. The second kappa shape index (κ2) is 9.29. The molecule has 2 N–H and O–H groups in total. The molecule has 0 spiro atoms. The summed E-state index contributed by atoms with van der Waals surface area (Å²) in [6.45, 7) is 0. The summed E-state index contributed by atoms with van der Waals surface area (Å²) in [6.07, 6.45) is 0. The molecule has 1 fully saturated rings. The average Bonchev–Trinajstić information content (AvgIpc) is 3.08. The van der Waals surface area contributed by atoms with E-state index >= 15 is 0 Å². The van der Waals surface area contributed by atoms with Crippen LogP contribution in [-0.4, -0.2) is 36.1 Å². The van der Waals surface area contributed by atoms with E-state index in [2.05, 4.69) is 0 Å². The van der Waals surface area contributed by atoms with Gasteiger partial charge in [-0.25, -0.2) is 0 Å². The maximum atomic E-state index is 13.3. The summed E-state index contributed by atoms with van der Waals surface area (Å²) in [6, 6.07) is 14.1. The number of ketones is 1. The van der Waals surface area contributed by atoms with Gasteiger partial charge in [-0.1, -0.05) is 35.3 Å². The van der Waals surface area contributed by atoms with Gasteiger partial charge in [-0.3, -0.25) is 14.5 Å². The highest BCUT2D eigenvalue weighted by Gasteiger charge is 2.47. The lowest BCUT2D eigenvalue weighted by molar-refractivity contribution is -0.132. The number of phenolic OH excluding ortho intramolecular Hbond substituents is 1. The van der Waals surface area contributed by atoms with Crippen LogP contribution in [-0.2, 0) is 9.59 Å². The highest BCUT2D eigenvalue weighted by atomic mass is 35.5. The Morgan fingerprint density at radius 2 is 1.56 bits per heavy atom. The molecule has 4 rings (SSSR count). The number of ether oxygens (including phenoxy) is 2. The van der Waals surface area contributed by atoms with Gasteiger partial charge in [0.15, 0.2) is 0 Å². The van der Waals surface area contributed by atoms with Crippen molar-refractivity contribution in [3.8, 4) is 17.2 Å². The third kappa shape index (κ3) is 4.16. The number of hydrogen-bond acceptors (Lipinski definition) is 6. The molecule has 34 heavy (non-hydrogen) atoms. The Balaban J connectivity index is 1.98. The molecule has 1 aliphatic heterocycles. The highest BCUT2D eigenvalue weighted by Crippen LogP contribution is 2.44. The minimum Gasteiger partial charge on any atom is -0.508 e. The zero-order valence-corrected chi connectivity index (χ0v) is 19.6. The minimum absolute atomic E-state index is 0.00308. The van der Waals surface area contributed by atoms with Crippen molar-refractivity contribution in [3.63, 3.8) is 0 Å². The number of aromatic hydroxyl groups is 1. The van der Waals surface area contributed by atoms with Crippen molar-refractivity contribution in [3.05, 3.63) is 87.4 Å². The molecule has 1 saturated heterocycles. The SMILES string of the molecule is COc1ccc(/C(O)=C2/C(=O)C(=O)N(c3cc(Cl)cc(Cl)c3)C2c2ccc(O)cc2)c(OC)c1. The van der Waals surface area contributed by atoms with E-state index in [1.165, 1.54) is 55.5 Å². The van der Waals surface area contributed by atoms with Crippen molar-refractivity contribution in [2.45, 2.75) is 6.04 Å². The monoisotopic (exact) mass is 499 g/mol. The molecule has 1 aliphatic rings. The van der Waals surface area contributed by atoms with Gasteiger partial charge in [0, 0.05) is 21.8 Å². The topological polar surface area (TPSA) is 96.3 Å². The number of anilines is 1. The zero-order chi connectivity index (χ0) is 24.6. The molecule has 1 atom stereocenters. The minimum atomic E-state index is -1.03. The standard InChI is InChI=1S/C25H19Cl2NO6/c1-33-18-7-8-19(20(12-18)34-2)23(30)21-22(13-3-5-17(29)6-4-13)28(25(32)24(21)31)16-10-14(26)9-15(27)11-16/h3-12,22,29-30H,1-2H3/b23-21-. The maximum Gasteiger partial charge on any atom is 0.300 e. The van der Waals surface area contributed by atoms with Gasteiger partial charge in [-0.2, -0.15) is 0 Å². The van der Waals surface area contributed by atoms with E-state index in [1.54, 1.807) is 24.3 Å². The van der Waals surface area contributed by atoms with Crippen LogP contribution in [0.15, 0.2) is 66.2 Å². The Morgan fingerprint density at radius 1 is 0.912 bits per heavy atom. The van der Waals surface area contributed by atoms with E-state index in [1.807, 2.05) is 0 Å². The lowest BCUT2D eigenvalue weighted by Gasteiger charge is -2.26. The van der Waals surface area contributed by atoms with E-state index in [4.69, 9.17) is 32.7 Å². The summed E-state index contributed by atoms with van der Waals surface area (Å²) in [5.41, 5.74) is 0.796. The maximum absolute atomic E-state index is 13.3. The van der Waals surface area contributed by atoms with Crippen molar-refractivity contribution >= 4 is 46.3 Å². The Bertz CT molecular complexity index is 1300. The second-order valence-electron chi connectivity index (χ2n) is 7.45. The lowest BCUT2D eigenvalue weighted by atomic mass is 9.94. The van der Waals surface area contributed by atoms with Gasteiger partial charge in [-0.05, 0) is 48.0 Å². The van der Waals surface area contributed by atoms with Crippen LogP contribution >= 0.6 is 23.2 Å². The number of amides is 1. The number of rotatable bonds is 5. The van der Waals surface area contributed by atoms with Crippen molar-refractivity contribution in [1.82, 2.24) is 0 Å². The summed E-state index contributed by atoms with van der Waals surface area (Å²) in [7, 11) is 2.90. The highest BCUT2D eigenvalue weighted by molar-refractivity contribution is 6.52. The predicted octanol–water partition coefficient (Wildman–Crippen LogP) is 5.34. The fourth-order valence-electron chi connectivity index (χ4n) is 3.89. The van der Waals surface area contributed by atoms with Gasteiger partial charge in [-0.15, -0.1) is 0 Å². The number of benzene rings is 3. The number of hydrogen-bond donors (Lipinski definition) is 2. The van der Waals surface area contributed by atoms with E-state index in [0.29, 0.717) is 11.3 Å². The molecule has 3 aromatic rings. The van der Waals surface area contributed by atoms with Gasteiger partial charge in [0.2, 0.25) is 0 Å². The molecule has 0 aromatic heterocycles. The van der Waals surface area contributed by atoms with Crippen LogP contribution in [0.3, 0.4) is 0 Å². The summed E-state index contributed by atoms with van der Waals surface area (Å²) in [5.74, 6) is -1.46. The first-order chi connectivity index (χ1) is 16.2. The first-order valence-electron chi connectivity index (χ1n) is 10.0. The van der Waals surface area contributed by atoms with Crippen LogP contribution in [0.25, 0.3) is 5.76 Å². The van der Waals surface area contributed by atoms with Crippen LogP contribution in [0.1, 0.15) is 17.2 Å². The number of Topliss-reactive ketones (excluding diaryl/α,β-unsaturated/α-hetero) is 1. The number of phenols is 1. The Hall–Kier alpha value is -3.68. The molecule has 9 heteroatoms. The molecule has 3 aromatic carbocycles. The second-order valence-corrected chi connectivity index (χ2v) is 8.33. The molecule has 0 saturated carbocycles. The largest absolute Gasteiger partial charge is 0.508 e. The Morgan fingerprint density at radius 3 is 2.15 bits per heavy atom. The number of carbonyl (C=O) groups excluding carboxylic acids is 2. The number of aliphatic hydroxyl groups excluding tert-OH is 1. The molecular weight excluding hydrogens is 481 g/mol. The fourth-order valence-corrected chi connectivity index (χ4v) is 4.40. The average molecular weight is 500 g/mol. The predicted molar refractivity (Wildman–Crippen MR) is 129 cm³/mol. The smallest absolute Gasteiger partial charge is 0.300 e. The first kappa shape index (κ1) is 23.5. The van der Waals surface area contributed by atoms with E-state index in [-0.39, 0.29) is 38.4 Å². The molecule has 1 unspecified atom stereocenters. The van der Waals surface area contributed by atoms with Crippen LogP contribution in [0, 0.1) is 0 Å². The van der Waals surface area contributed by atoms with E-state index in [9.17, 15) is 19.8 Å². The Labute approximate surface area is 205 Å². The van der Waals surface area contributed by atoms with Crippen LogP contribution in [0.4, 0.5) is 5.69 Å². The van der Waals surface area contributed by atoms with Gasteiger partial charge in [0.1, 0.15) is 23.0 Å². The molecule has 0 radical (unpaired) electrons. The summed E-state index contributed by atoms with van der Waals surface area (Å²) in [4.78, 5) is 27.7. The zero-order valence-electron chi connectivity index (χ0n) is 18.1. The van der Waals surface area contributed by atoms with Crippen molar-refractivity contribution in [2.24, 2.45) is 0 Å².